The monoisotopic (exact) mass is 227 g/mol. The van der Waals surface area contributed by atoms with E-state index in [1.54, 1.807) is 6.92 Å². The van der Waals surface area contributed by atoms with Crippen LogP contribution in [-0.2, 0) is 11.2 Å². The van der Waals surface area contributed by atoms with Gasteiger partial charge in [0, 0.05) is 12.5 Å². The van der Waals surface area contributed by atoms with Gasteiger partial charge < -0.3 is 0 Å². The lowest BCUT2D eigenvalue weighted by Crippen LogP contribution is -2.00. The highest BCUT2D eigenvalue weighted by Crippen LogP contribution is 2.27. The SMILES string of the molecule is CC(=O)Cc1cc(Cl)c([N+](=O)[O-])cc1C. The van der Waals surface area contributed by atoms with Crippen molar-refractivity contribution in [2.24, 2.45) is 0 Å². The molecule has 0 atom stereocenters. The summed E-state index contributed by atoms with van der Waals surface area (Å²) in [5.74, 6) is 0.00280. The van der Waals surface area contributed by atoms with E-state index in [9.17, 15) is 14.9 Å². The lowest BCUT2D eigenvalue weighted by molar-refractivity contribution is -0.384. The van der Waals surface area contributed by atoms with Crippen molar-refractivity contribution in [2.75, 3.05) is 0 Å². The van der Waals surface area contributed by atoms with Crippen LogP contribution in [-0.4, -0.2) is 10.7 Å². The Hall–Kier alpha value is -1.42. The van der Waals surface area contributed by atoms with Gasteiger partial charge in [0.1, 0.15) is 10.8 Å². The lowest BCUT2D eigenvalue weighted by Gasteiger charge is -2.04. The van der Waals surface area contributed by atoms with Crippen LogP contribution >= 0.6 is 11.6 Å². The maximum atomic E-state index is 10.9. The van der Waals surface area contributed by atoms with E-state index in [4.69, 9.17) is 11.6 Å². The maximum Gasteiger partial charge on any atom is 0.288 e. The van der Waals surface area contributed by atoms with Gasteiger partial charge in [0.15, 0.2) is 0 Å². The standard InChI is InChI=1S/C10H10ClNO3/c1-6-3-10(12(14)15)9(11)5-8(6)4-7(2)13/h3,5H,4H2,1-2H3. The van der Waals surface area contributed by atoms with Gasteiger partial charge in [-0.1, -0.05) is 11.6 Å². The Morgan fingerprint density at radius 3 is 2.60 bits per heavy atom. The maximum absolute atomic E-state index is 10.9. The molecule has 80 valence electrons. The first kappa shape index (κ1) is 11.7. The largest absolute Gasteiger partial charge is 0.300 e. The Bertz CT molecular complexity index is 429. The van der Waals surface area contributed by atoms with Crippen LogP contribution in [0.1, 0.15) is 18.1 Å². The number of carbonyl (C=O) groups is 1. The van der Waals surface area contributed by atoms with E-state index in [1.807, 2.05) is 0 Å². The van der Waals surface area contributed by atoms with Gasteiger partial charge in [-0.05, 0) is 31.0 Å². The fourth-order valence-electron chi connectivity index (χ4n) is 1.31. The zero-order chi connectivity index (χ0) is 11.6. The van der Waals surface area contributed by atoms with Crippen molar-refractivity contribution >= 4 is 23.1 Å². The van der Waals surface area contributed by atoms with Crippen molar-refractivity contribution in [1.82, 2.24) is 0 Å². The number of rotatable bonds is 3. The minimum Gasteiger partial charge on any atom is -0.300 e. The third-order valence-corrected chi connectivity index (χ3v) is 2.34. The van der Waals surface area contributed by atoms with E-state index < -0.39 is 4.92 Å². The van der Waals surface area contributed by atoms with Gasteiger partial charge >= 0.3 is 0 Å². The Kier molecular flexibility index (Phi) is 3.42. The predicted molar refractivity (Wildman–Crippen MR) is 57.2 cm³/mol. The molecule has 1 aromatic carbocycles. The summed E-state index contributed by atoms with van der Waals surface area (Å²) in [5, 5.41) is 10.6. The van der Waals surface area contributed by atoms with Gasteiger partial charge in [-0.25, -0.2) is 0 Å². The molecule has 0 heterocycles. The molecule has 5 heteroatoms. The molecule has 1 aromatic rings. The van der Waals surface area contributed by atoms with Crippen LogP contribution < -0.4 is 0 Å². The fraction of sp³-hybridized carbons (Fsp3) is 0.300. The average molecular weight is 228 g/mol. The molecule has 0 aliphatic heterocycles. The van der Waals surface area contributed by atoms with Crippen LogP contribution in [0.5, 0.6) is 0 Å². The molecule has 0 aromatic heterocycles. The van der Waals surface area contributed by atoms with Crippen LogP contribution in [0, 0.1) is 17.0 Å². The molecule has 0 saturated carbocycles. The van der Waals surface area contributed by atoms with Gasteiger partial charge in [-0.2, -0.15) is 0 Å². The molecule has 0 amide bonds. The number of nitrogens with zero attached hydrogens (tertiary/aromatic N) is 1. The van der Waals surface area contributed by atoms with E-state index in [2.05, 4.69) is 0 Å². The van der Waals surface area contributed by atoms with Crippen LogP contribution in [0.15, 0.2) is 12.1 Å². The first-order valence-corrected chi connectivity index (χ1v) is 4.72. The molecule has 1 rings (SSSR count). The van der Waals surface area contributed by atoms with Gasteiger partial charge in [0.2, 0.25) is 0 Å². The summed E-state index contributed by atoms with van der Waals surface area (Å²) >= 11 is 5.73. The molecular weight excluding hydrogens is 218 g/mol. The van der Waals surface area contributed by atoms with Gasteiger partial charge in [-0.3, -0.25) is 14.9 Å². The highest BCUT2D eigenvalue weighted by Gasteiger charge is 2.15. The fourth-order valence-corrected chi connectivity index (χ4v) is 1.56. The van der Waals surface area contributed by atoms with E-state index in [0.717, 1.165) is 5.56 Å². The van der Waals surface area contributed by atoms with Crippen molar-refractivity contribution in [1.29, 1.82) is 0 Å². The number of ketones is 1. The number of carbonyl (C=O) groups excluding carboxylic acids is 1. The molecule has 0 saturated heterocycles. The Balaban J connectivity index is 3.19. The summed E-state index contributed by atoms with van der Waals surface area (Å²) in [6.07, 6.45) is 0.254. The zero-order valence-electron chi connectivity index (χ0n) is 8.41. The summed E-state index contributed by atoms with van der Waals surface area (Å²) in [6.45, 7) is 3.19. The minimum absolute atomic E-state index is 0.00280. The number of Topliss-reactive ketones (excluding diaryl/α,β-unsaturated/α-hetero) is 1. The Morgan fingerprint density at radius 2 is 2.13 bits per heavy atom. The number of hydrogen-bond acceptors (Lipinski definition) is 3. The zero-order valence-corrected chi connectivity index (χ0v) is 9.17. The molecule has 0 spiro atoms. The topological polar surface area (TPSA) is 60.2 Å². The number of hydrogen-bond donors (Lipinski definition) is 0. The second kappa shape index (κ2) is 4.40. The molecule has 15 heavy (non-hydrogen) atoms. The first-order valence-electron chi connectivity index (χ1n) is 4.34. The molecule has 0 unspecified atom stereocenters. The van der Waals surface area contributed by atoms with Crippen LogP contribution in [0.4, 0.5) is 5.69 Å². The number of aryl methyl sites for hydroxylation is 1. The van der Waals surface area contributed by atoms with Crippen molar-refractivity contribution in [2.45, 2.75) is 20.3 Å². The molecule has 0 N–H and O–H groups in total. The first-order chi connectivity index (χ1) is 6.91. The van der Waals surface area contributed by atoms with Gasteiger partial charge in [-0.15, -0.1) is 0 Å². The Morgan fingerprint density at radius 1 is 1.53 bits per heavy atom. The van der Waals surface area contributed by atoms with Crippen molar-refractivity contribution in [3.63, 3.8) is 0 Å². The van der Waals surface area contributed by atoms with Crippen LogP contribution in [0.3, 0.4) is 0 Å². The minimum atomic E-state index is -0.535. The van der Waals surface area contributed by atoms with E-state index in [1.165, 1.54) is 19.1 Å². The third-order valence-electron chi connectivity index (χ3n) is 2.04. The third kappa shape index (κ3) is 2.76. The van der Waals surface area contributed by atoms with Crippen LogP contribution in [0.25, 0.3) is 0 Å². The van der Waals surface area contributed by atoms with Gasteiger partial charge in [0.05, 0.1) is 4.92 Å². The lowest BCUT2D eigenvalue weighted by atomic mass is 10.0. The number of nitro groups is 1. The summed E-state index contributed by atoms with van der Waals surface area (Å²) in [6, 6.07) is 2.87. The summed E-state index contributed by atoms with van der Waals surface area (Å²) in [7, 11) is 0. The molecule has 0 fully saturated rings. The highest BCUT2D eigenvalue weighted by molar-refractivity contribution is 6.32. The Labute approximate surface area is 92.0 Å². The summed E-state index contributed by atoms with van der Waals surface area (Å²) < 4.78 is 0. The normalized spacial score (nSPS) is 10.1. The molecule has 0 radical (unpaired) electrons. The molecule has 0 aliphatic carbocycles. The summed E-state index contributed by atoms with van der Waals surface area (Å²) in [5.41, 5.74) is 1.32. The van der Waals surface area contributed by atoms with Gasteiger partial charge in [0.25, 0.3) is 5.69 Å². The van der Waals surface area contributed by atoms with Crippen molar-refractivity contribution in [3.8, 4) is 0 Å². The average Bonchev–Trinajstić information content (AvgIpc) is 2.09. The van der Waals surface area contributed by atoms with E-state index in [0.29, 0.717) is 5.56 Å². The molecule has 0 bridgehead atoms. The summed E-state index contributed by atoms with van der Waals surface area (Å²) in [4.78, 5) is 20.9. The molecule has 4 nitrogen and oxygen atoms in total. The van der Waals surface area contributed by atoms with Crippen LogP contribution in [0.2, 0.25) is 5.02 Å². The van der Waals surface area contributed by atoms with E-state index in [-0.39, 0.29) is 22.9 Å². The predicted octanol–water partition coefficient (Wildman–Crippen LogP) is 2.69. The second-order valence-corrected chi connectivity index (χ2v) is 3.77. The number of nitro benzene ring substituents is 1. The number of benzene rings is 1. The van der Waals surface area contributed by atoms with E-state index >= 15 is 0 Å². The van der Waals surface area contributed by atoms with Crippen molar-refractivity contribution < 1.29 is 9.72 Å². The quantitative estimate of drug-likeness (QED) is 0.589. The highest BCUT2D eigenvalue weighted by atomic mass is 35.5. The second-order valence-electron chi connectivity index (χ2n) is 3.37. The number of halogens is 1. The molecular formula is C10H10ClNO3. The smallest absolute Gasteiger partial charge is 0.288 e. The van der Waals surface area contributed by atoms with Crippen molar-refractivity contribution in [3.05, 3.63) is 38.4 Å². The molecule has 0 aliphatic rings.